The summed E-state index contributed by atoms with van der Waals surface area (Å²) in [6.07, 6.45) is 9.33. The lowest BCUT2D eigenvalue weighted by Gasteiger charge is -2.42. The van der Waals surface area contributed by atoms with E-state index in [0.29, 0.717) is 30.3 Å². The molecule has 2 rings (SSSR count). The van der Waals surface area contributed by atoms with Gasteiger partial charge in [0.05, 0.1) is 6.10 Å². The minimum absolute atomic E-state index is 0.331. The summed E-state index contributed by atoms with van der Waals surface area (Å²) in [7, 11) is 0. The summed E-state index contributed by atoms with van der Waals surface area (Å²) in [6.45, 7) is 8.13. The standard InChI is InChI=1S/C18H32O3/c1-4-21-18(12-10-17(2,3)11-13-18)16(19)9-5-7-15-8-6-14-20-15/h15H,4-14H2,1-3H3. The summed E-state index contributed by atoms with van der Waals surface area (Å²) < 4.78 is 11.6. The fourth-order valence-electron chi connectivity index (χ4n) is 3.70. The lowest BCUT2D eigenvalue weighted by Crippen LogP contribution is -2.46. The zero-order valence-corrected chi connectivity index (χ0v) is 14.1. The molecule has 1 heterocycles. The van der Waals surface area contributed by atoms with Crippen molar-refractivity contribution >= 4 is 5.78 Å². The molecule has 0 amide bonds. The minimum atomic E-state index is -0.485. The lowest BCUT2D eigenvalue weighted by molar-refractivity contribution is -0.152. The van der Waals surface area contributed by atoms with Crippen molar-refractivity contribution < 1.29 is 14.3 Å². The van der Waals surface area contributed by atoms with Gasteiger partial charge in [-0.15, -0.1) is 0 Å². The zero-order valence-electron chi connectivity index (χ0n) is 14.1. The quantitative estimate of drug-likeness (QED) is 0.703. The second-order valence-electron chi connectivity index (χ2n) is 7.54. The SMILES string of the molecule is CCOC1(C(=O)CCCC2CCCO2)CCC(C)(C)CC1. The van der Waals surface area contributed by atoms with Gasteiger partial charge in [-0.25, -0.2) is 0 Å². The third-order valence-corrected chi connectivity index (χ3v) is 5.29. The number of ketones is 1. The van der Waals surface area contributed by atoms with E-state index in [1.54, 1.807) is 0 Å². The topological polar surface area (TPSA) is 35.5 Å². The number of hydrogen-bond donors (Lipinski definition) is 0. The Bertz CT molecular complexity index is 332. The average molecular weight is 296 g/mol. The molecule has 0 aromatic heterocycles. The van der Waals surface area contributed by atoms with E-state index in [-0.39, 0.29) is 0 Å². The van der Waals surface area contributed by atoms with Crippen molar-refractivity contribution in [3.8, 4) is 0 Å². The van der Waals surface area contributed by atoms with Gasteiger partial charge in [-0.1, -0.05) is 13.8 Å². The third-order valence-electron chi connectivity index (χ3n) is 5.29. The molecule has 0 aromatic carbocycles. The summed E-state index contributed by atoms with van der Waals surface area (Å²) >= 11 is 0. The Labute approximate surface area is 129 Å². The van der Waals surface area contributed by atoms with E-state index in [2.05, 4.69) is 13.8 Å². The molecule has 21 heavy (non-hydrogen) atoms. The van der Waals surface area contributed by atoms with Crippen molar-refractivity contribution in [2.75, 3.05) is 13.2 Å². The molecule has 0 N–H and O–H groups in total. The van der Waals surface area contributed by atoms with Crippen molar-refractivity contribution in [1.29, 1.82) is 0 Å². The Morgan fingerprint density at radius 2 is 1.95 bits per heavy atom. The maximum Gasteiger partial charge on any atom is 0.164 e. The molecule has 1 atom stereocenters. The van der Waals surface area contributed by atoms with E-state index in [0.717, 1.165) is 45.1 Å². The van der Waals surface area contributed by atoms with Crippen LogP contribution in [-0.2, 0) is 14.3 Å². The fourth-order valence-corrected chi connectivity index (χ4v) is 3.70. The molecule has 1 unspecified atom stereocenters. The van der Waals surface area contributed by atoms with Gasteiger partial charge in [-0.05, 0) is 63.7 Å². The molecule has 0 radical (unpaired) electrons. The lowest BCUT2D eigenvalue weighted by atomic mass is 9.69. The summed E-state index contributed by atoms with van der Waals surface area (Å²) in [4.78, 5) is 12.7. The maximum absolute atomic E-state index is 12.7. The van der Waals surface area contributed by atoms with E-state index in [9.17, 15) is 4.79 Å². The Morgan fingerprint density at radius 1 is 1.24 bits per heavy atom. The third kappa shape index (κ3) is 4.53. The first kappa shape index (κ1) is 17.0. The van der Waals surface area contributed by atoms with Crippen LogP contribution >= 0.6 is 0 Å². The molecular formula is C18H32O3. The summed E-state index contributed by atoms with van der Waals surface area (Å²) in [6, 6.07) is 0. The number of carbonyl (C=O) groups excluding carboxylic acids is 1. The van der Waals surface area contributed by atoms with Crippen molar-refractivity contribution in [2.45, 2.75) is 90.3 Å². The first-order chi connectivity index (χ1) is 9.97. The van der Waals surface area contributed by atoms with Crippen molar-refractivity contribution in [3.05, 3.63) is 0 Å². The zero-order chi connectivity index (χ0) is 15.3. The number of hydrogen-bond acceptors (Lipinski definition) is 3. The van der Waals surface area contributed by atoms with Gasteiger partial charge in [0.15, 0.2) is 5.78 Å². The Hall–Kier alpha value is -0.410. The first-order valence-corrected chi connectivity index (χ1v) is 8.76. The van der Waals surface area contributed by atoms with Crippen LogP contribution in [0.1, 0.15) is 78.6 Å². The molecule has 3 heteroatoms. The van der Waals surface area contributed by atoms with Gasteiger partial charge in [-0.3, -0.25) is 4.79 Å². The summed E-state index contributed by atoms with van der Waals surface area (Å²) in [5.41, 5.74) is -0.126. The molecule has 0 bridgehead atoms. The molecule has 1 saturated carbocycles. The molecule has 3 nitrogen and oxygen atoms in total. The molecule has 2 aliphatic rings. The highest BCUT2D eigenvalue weighted by Gasteiger charge is 2.43. The van der Waals surface area contributed by atoms with Gasteiger partial charge in [0.2, 0.25) is 0 Å². The normalized spacial score (nSPS) is 27.7. The van der Waals surface area contributed by atoms with Crippen LogP contribution in [0.3, 0.4) is 0 Å². The molecule has 122 valence electrons. The molecule has 0 aromatic rings. The largest absolute Gasteiger partial charge is 0.378 e. The Balaban J connectivity index is 1.83. The predicted octanol–water partition coefficient (Wildman–Crippen LogP) is 4.28. The van der Waals surface area contributed by atoms with E-state index in [1.807, 2.05) is 6.92 Å². The molecule has 1 aliphatic carbocycles. The second kappa shape index (κ2) is 7.23. The Kier molecular flexibility index (Phi) is 5.84. The fraction of sp³-hybridized carbons (Fsp3) is 0.944. The van der Waals surface area contributed by atoms with Crippen molar-refractivity contribution in [1.82, 2.24) is 0 Å². The monoisotopic (exact) mass is 296 g/mol. The summed E-state index contributed by atoms with van der Waals surface area (Å²) in [5, 5.41) is 0. The van der Waals surface area contributed by atoms with Crippen molar-refractivity contribution in [3.63, 3.8) is 0 Å². The van der Waals surface area contributed by atoms with Gasteiger partial charge >= 0.3 is 0 Å². The highest BCUT2D eigenvalue weighted by Crippen LogP contribution is 2.43. The number of Topliss-reactive ketones (excluding diaryl/α,β-unsaturated/α-hetero) is 1. The molecule has 1 saturated heterocycles. The van der Waals surface area contributed by atoms with E-state index in [4.69, 9.17) is 9.47 Å². The average Bonchev–Trinajstić information content (AvgIpc) is 2.95. The summed E-state index contributed by atoms with van der Waals surface area (Å²) in [5.74, 6) is 0.331. The molecule has 2 fully saturated rings. The van der Waals surface area contributed by atoms with E-state index >= 15 is 0 Å². The highest BCUT2D eigenvalue weighted by molar-refractivity contribution is 5.87. The van der Waals surface area contributed by atoms with Crippen LogP contribution in [0.4, 0.5) is 0 Å². The highest BCUT2D eigenvalue weighted by atomic mass is 16.5. The van der Waals surface area contributed by atoms with Gasteiger partial charge in [-0.2, -0.15) is 0 Å². The van der Waals surface area contributed by atoms with Crippen LogP contribution in [0.25, 0.3) is 0 Å². The molecule has 1 aliphatic heterocycles. The van der Waals surface area contributed by atoms with Crippen LogP contribution in [0.2, 0.25) is 0 Å². The number of ether oxygens (including phenoxy) is 2. The van der Waals surface area contributed by atoms with E-state index < -0.39 is 5.60 Å². The smallest absolute Gasteiger partial charge is 0.164 e. The van der Waals surface area contributed by atoms with Gasteiger partial charge in [0, 0.05) is 19.6 Å². The van der Waals surface area contributed by atoms with Gasteiger partial charge < -0.3 is 9.47 Å². The first-order valence-electron chi connectivity index (χ1n) is 8.76. The maximum atomic E-state index is 12.7. The van der Waals surface area contributed by atoms with Crippen LogP contribution in [-0.4, -0.2) is 30.7 Å². The minimum Gasteiger partial charge on any atom is -0.378 e. The predicted molar refractivity (Wildman–Crippen MR) is 84.4 cm³/mol. The van der Waals surface area contributed by atoms with Crippen LogP contribution in [0.5, 0.6) is 0 Å². The van der Waals surface area contributed by atoms with Gasteiger partial charge in [0.25, 0.3) is 0 Å². The van der Waals surface area contributed by atoms with E-state index in [1.165, 1.54) is 12.8 Å². The number of carbonyl (C=O) groups is 1. The number of rotatable bonds is 7. The van der Waals surface area contributed by atoms with Crippen LogP contribution in [0, 0.1) is 5.41 Å². The second-order valence-corrected chi connectivity index (χ2v) is 7.54. The molecule has 0 spiro atoms. The van der Waals surface area contributed by atoms with Crippen LogP contribution < -0.4 is 0 Å². The Morgan fingerprint density at radius 3 is 2.52 bits per heavy atom. The van der Waals surface area contributed by atoms with Crippen LogP contribution in [0.15, 0.2) is 0 Å². The van der Waals surface area contributed by atoms with Gasteiger partial charge in [0.1, 0.15) is 5.60 Å². The van der Waals surface area contributed by atoms with Crippen molar-refractivity contribution in [2.24, 2.45) is 5.41 Å². The molecular weight excluding hydrogens is 264 g/mol.